The third-order valence-corrected chi connectivity index (χ3v) is 1.94. The molecule has 0 bridgehead atoms. The van der Waals surface area contributed by atoms with E-state index in [4.69, 9.17) is 10.2 Å². The number of ether oxygens (including phenoxy) is 1. The topological polar surface area (TPSA) is 65.5 Å². The fraction of sp³-hybridized carbons (Fsp3) is 0.100. The molecule has 0 atom stereocenters. The van der Waals surface area contributed by atoms with Crippen LogP contribution in [0.5, 0.6) is 0 Å². The van der Waals surface area contributed by atoms with Crippen LogP contribution in [0.15, 0.2) is 28.7 Å². The van der Waals surface area contributed by atoms with E-state index in [0.717, 1.165) is 0 Å². The van der Waals surface area contributed by atoms with Gasteiger partial charge in [0.05, 0.1) is 0 Å². The van der Waals surface area contributed by atoms with Gasteiger partial charge in [0, 0.05) is 11.1 Å². The standard InChI is InChI=1S/C10H7F2NO3/c11-10(12)16-9(14)8-4-5-3-6(13)1-2-7(5)15-8/h1-4,10H,13H2. The fourth-order valence-electron chi connectivity index (χ4n) is 1.30. The van der Waals surface area contributed by atoms with Gasteiger partial charge in [-0.2, -0.15) is 8.78 Å². The van der Waals surface area contributed by atoms with Gasteiger partial charge in [-0.3, -0.25) is 0 Å². The molecule has 0 saturated carbocycles. The highest BCUT2D eigenvalue weighted by atomic mass is 19.3. The maximum Gasteiger partial charge on any atom is 0.389 e. The maximum atomic E-state index is 11.8. The first-order valence-corrected chi connectivity index (χ1v) is 4.34. The van der Waals surface area contributed by atoms with E-state index in [9.17, 15) is 13.6 Å². The van der Waals surface area contributed by atoms with Crippen LogP contribution in [0.25, 0.3) is 11.0 Å². The number of halogens is 2. The minimum Gasteiger partial charge on any atom is -0.449 e. The van der Waals surface area contributed by atoms with Crippen LogP contribution in [-0.4, -0.2) is 12.6 Å². The van der Waals surface area contributed by atoms with E-state index in [-0.39, 0.29) is 5.76 Å². The molecule has 16 heavy (non-hydrogen) atoms. The van der Waals surface area contributed by atoms with E-state index >= 15 is 0 Å². The van der Waals surface area contributed by atoms with Gasteiger partial charge in [-0.1, -0.05) is 0 Å². The molecule has 6 heteroatoms. The molecule has 0 unspecified atom stereocenters. The molecule has 0 fully saturated rings. The monoisotopic (exact) mass is 227 g/mol. The molecular weight excluding hydrogens is 220 g/mol. The summed E-state index contributed by atoms with van der Waals surface area (Å²) >= 11 is 0. The average Bonchev–Trinajstić information content (AvgIpc) is 2.59. The predicted molar refractivity (Wildman–Crippen MR) is 52.0 cm³/mol. The van der Waals surface area contributed by atoms with Crippen molar-refractivity contribution in [3.8, 4) is 0 Å². The number of hydrogen-bond acceptors (Lipinski definition) is 4. The zero-order valence-electron chi connectivity index (χ0n) is 7.94. The molecule has 4 nitrogen and oxygen atoms in total. The summed E-state index contributed by atoms with van der Waals surface area (Å²) in [6, 6.07) is 5.99. The summed E-state index contributed by atoms with van der Waals surface area (Å²) in [4.78, 5) is 11.1. The second-order valence-electron chi connectivity index (χ2n) is 3.07. The Morgan fingerprint density at radius 2 is 2.12 bits per heavy atom. The van der Waals surface area contributed by atoms with Gasteiger partial charge in [0.2, 0.25) is 5.76 Å². The number of esters is 1. The van der Waals surface area contributed by atoms with Gasteiger partial charge in [-0.25, -0.2) is 4.79 Å². The molecule has 0 amide bonds. The molecule has 0 spiro atoms. The highest BCUT2D eigenvalue weighted by Gasteiger charge is 2.17. The van der Waals surface area contributed by atoms with Crippen molar-refractivity contribution < 1.29 is 22.7 Å². The molecule has 0 aliphatic heterocycles. The molecule has 0 radical (unpaired) electrons. The third kappa shape index (κ3) is 1.95. The van der Waals surface area contributed by atoms with E-state index < -0.39 is 12.6 Å². The zero-order valence-corrected chi connectivity index (χ0v) is 7.94. The summed E-state index contributed by atoms with van der Waals surface area (Å²) in [5.41, 5.74) is 6.38. The Morgan fingerprint density at radius 1 is 1.38 bits per heavy atom. The van der Waals surface area contributed by atoms with Crippen LogP contribution >= 0.6 is 0 Å². The Balaban J connectivity index is 2.36. The van der Waals surface area contributed by atoms with Crippen molar-refractivity contribution in [3.63, 3.8) is 0 Å². The average molecular weight is 227 g/mol. The van der Waals surface area contributed by atoms with Crippen LogP contribution in [0.2, 0.25) is 0 Å². The van der Waals surface area contributed by atoms with Crippen LogP contribution in [0, 0.1) is 0 Å². The van der Waals surface area contributed by atoms with Crippen LogP contribution in [0.3, 0.4) is 0 Å². The van der Waals surface area contributed by atoms with E-state index in [1.807, 2.05) is 0 Å². The lowest BCUT2D eigenvalue weighted by Gasteiger charge is -1.98. The van der Waals surface area contributed by atoms with Crippen molar-refractivity contribution in [2.24, 2.45) is 0 Å². The van der Waals surface area contributed by atoms with Gasteiger partial charge in [-0.05, 0) is 24.3 Å². The van der Waals surface area contributed by atoms with Gasteiger partial charge in [0.1, 0.15) is 5.58 Å². The molecule has 1 aromatic heterocycles. The van der Waals surface area contributed by atoms with Crippen LogP contribution in [0.4, 0.5) is 14.5 Å². The number of anilines is 1. The van der Waals surface area contributed by atoms with Crippen molar-refractivity contribution in [2.45, 2.75) is 6.61 Å². The predicted octanol–water partition coefficient (Wildman–Crippen LogP) is 2.39. The lowest BCUT2D eigenvalue weighted by atomic mass is 10.2. The quantitative estimate of drug-likeness (QED) is 0.631. The van der Waals surface area contributed by atoms with E-state index in [1.165, 1.54) is 6.07 Å². The van der Waals surface area contributed by atoms with Gasteiger partial charge in [0.15, 0.2) is 0 Å². The normalized spacial score (nSPS) is 10.9. The Bertz CT molecular complexity index is 536. The Hall–Kier alpha value is -2.11. The van der Waals surface area contributed by atoms with Crippen LogP contribution in [-0.2, 0) is 4.74 Å². The second kappa shape index (κ2) is 3.80. The SMILES string of the molecule is Nc1ccc2oc(C(=O)OC(F)F)cc2c1. The number of rotatable bonds is 2. The van der Waals surface area contributed by atoms with Crippen molar-refractivity contribution >= 4 is 22.6 Å². The first-order valence-electron chi connectivity index (χ1n) is 4.34. The van der Waals surface area contributed by atoms with Gasteiger partial charge in [0.25, 0.3) is 0 Å². The third-order valence-electron chi connectivity index (χ3n) is 1.94. The number of nitrogen functional groups attached to an aromatic ring is 1. The molecule has 0 aliphatic rings. The number of carbonyl (C=O) groups excluding carboxylic acids is 1. The fourth-order valence-corrected chi connectivity index (χ4v) is 1.30. The minimum atomic E-state index is -3.16. The van der Waals surface area contributed by atoms with Crippen LogP contribution in [0.1, 0.15) is 10.6 Å². The summed E-state index contributed by atoms with van der Waals surface area (Å²) in [6.45, 7) is -3.16. The van der Waals surface area contributed by atoms with Gasteiger partial charge < -0.3 is 14.9 Å². The number of alkyl halides is 2. The van der Waals surface area contributed by atoms with Crippen molar-refractivity contribution in [2.75, 3.05) is 5.73 Å². The zero-order chi connectivity index (χ0) is 11.7. The summed E-state index contributed by atoms with van der Waals surface area (Å²) in [7, 11) is 0. The number of nitrogens with two attached hydrogens (primary N) is 1. The molecule has 2 aromatic rings. The molecule has 84 valence electrons. The minimum absolute atomic E-state index is 0.277. The first-order chi connectivity index (χ1) is 7.56. The number of hydrogen-bond donors (Lipinski definition) is 1. The Kier molecular flexibility index (Phi) is 2.47. The summed E-state index contributed by atoms with van der Waals surface area (Å²) in [6.07, 6.45) is 0. The Morgan fingerprint density at radius 3 is 2.81 bits per heavy atom. The summed E-state index contributed by atoms with van der Waals surface area (Å²) in [5.74, 6) is -1.48. The highest BCUT2D eigenvalue weighted by molar-refractivity contribution is 5.93. The summed E-state index contributed by atoms with van der Waals surface area (Å²) in [5, 5.41) is 0.557. The molecular formula is C10H7F2NO3. The Labute approximate surface area is 88.6 Å². The van der Waals surface area contributed by atoms with Crippen molar-refractivity contribution in [3.05, 3.63) is 30.0 Å². The molecule has 0 saturated heterocycles. The lowest BCUT2D eigenvalue weighted by Crippen LogP contribution is -2.08. The number of benzene rings is 1. The number of furan rings is 1. The first kappa shape index (κ1) is 10.4. The van der Waals surface area contributed by atoms with Crippen LogP contribution < -0.4 is 5.73 Å². The lowest BCUT2D eigenvalue weighted by molar-refractivity contribution is -0.0921. The van der Waals surface area contributed by atoms with E-state index in [1.54, 1.807) is 18.2 Å². The van der Waals surface area contributed by atoms with Crippen molar-refractivity contribution in [1.29, 1.82) is 0 Å². The number of fused-ring (bicyclic) bond motifs is 1. The van der Waals surface area contributed by atoms with Crippen molar-refractivity contribution in [1.82, 2.24) is 0 Å². The summed E-state index contributed by atoms with van der Waals surface area (Å²) < 4.78 is 32.3. The van der Waals surface area contributed by atoms with Gasteiger partial charge in [-0.15, -0.1) is 0 Å². The molecule has 0 aliphatic carbocycles. The number of carbonyl (C=O) groups is 1. The molecule has 2 rings (SSSR count). The highest BCUT2D eigenvalue weighted by Crippen LogP contribution is 2.22. The van der Waals surface area contributed by atoms with E-state index in [0.29, 0.717) is 16.7 Å². The molecule has 1 heterocycles. The molecule has 1 aromatic carbocycles. The largest absolute Gasteiger partial charge is 0.449 e. The smallest absolute Gasteiger partial charge is 0.389 e. The molecule has 2 N–H and O–H groups in total. The second-order valence-corrected chi connectivity index (χ2v) is 3.07. The maximum absolute atomic E-state index is 11.8. The van der Waals surface area contributed by atoms with E-state index in [2.05, 4.69) is 4.74 Å². The van der Waals surface area contributed by atoms with Gasteiger partial charge >= 0.3 is 12.6 Å².